The predicted molar refractivity (Wildman–Crippen MR) is 92.4 cm³/mol. The highest BCUT2D eigenvalue weighted by molar-refractivity contribution is 5.54. The van der Waals surface area contributed by atoms with Crippen LogP contribution in [-0.2, 0) is 6.61 Å². The van der Waals surface area contributed by atoms with Gasteiger partial charge in [0, 0.05) is 12.3 Å². The van der Waals surface area contributed by atoms with Crippen LogP contribution in [0.2, 0.25) is 0 Å². The van der Waals surface area contributed by atoms with Crippen molar-refractivity contribution in [2.75, 3.05) is 7.11 Å². The fraction of sp³-hybridized carbons (Fsp3) is 0.278. The van der Waals surface area contributed by atoms with Gasteiger partial charge in [-0.15, -0.1) is 10.2 Å². The largest absolute Gasteiger partial charge is 0.497 e. The monoisotopic (exact) mass is 324 g/mol. The Morgan fingerprint density at radius 3 is 2.75 bits per heavy atom. The van der Waals surface area contributed by atoms with Gasteiger partial charge in [-0.25, -0.2) is 4.98 Å². The fourth-order valence-corrected chi connectivity index (χ4v) is 2.46. The van der Waals surface area contributed by atoms with E-state index in [2.05, 4.69) is 29.1 Å². The highest BCUT2D eigenvalue weighted by Gasteiger charge is 2.15. The molecule has 0 unspecified atom stereocenters. The molecular weight excluding hydrogens is 304 g/mol. The van der Waals surface area contributed by atoms with Gasteiger partial charge in [0.1, 0.15) is 11.4 Å². The minimum absolute atomic E-state index is 0.0129. The summed E-state index contributed by atoms with van der Waals surface area (Å²) < 4.78 is 7.09. The molecule has 3 rings (SSSR count). The summed E-state index contributed by atoms with van der Waals surface area (Å²) in [5, 5.41) is 18.0. The Hall–Kier alpha value is -2.73. The molecule has 3 aromatic rings. The lowest BCUT2D eigenvalue weighted by Crippen LogP contribution is -1.88. The van der Waals surface area contributed by atoms with E-state index in [0.29, 0.717) is 11.5 Å². The van der Waals surface area contributed by atoms with Crippen LogP contribution in [0, 0.1) is 0 Å². The predicted octanol–water partition coefficient (Wildman–Crippen LogP) is 4.37. The number of hydrogen-bond acceptors (Lipinski definition) is 5. The van der Waals surface area contributed by atoms with Crippen LogP contribution >= 0.6 is 0 Å². The number of ether oxygens (including phenoxy) is 1. The first kappa shape index (κ1) is 16.1. The second-order valence-corrected chi connectivity index (χ2v) is 5.80. The molecule has 124 valence electrons. The number of aliphatic hydroxyl groups is 1. The number of nitrogens with zero attached hydrogens (tertiary/aromatic N) is 4. The van der Waals surface area contributed by atoms with Crippen molar-refractivity contribution in [3.05, 3.63) is 53.9 Å². The summed E-state index contributed by atoms with van der Waals surface area (Å²) in [6.45, 7) is 4.12. The van der Waals surface area contributed by atoms with Crippen molar-refractivity contribution >= 4 is 17.2 Å². The minimum Gasteiger partial charge on any atom is -0.497 e. The number of rotatable bonds is 5. The molecule has 0 bridgehead atoms. The Bertz CT molecular complexity index is 884. The van der Waals surface area contributed by atoms with Gasteiger partial charge >= 0.3 is 0 Å². The van der Waals surface area contributed by atoms with E-state index in [9.17, 15) is 5.11 Å². The van der Waals surface area contributed by atoms with Gasteiger partial charge < -0.3 is 9.84 Å². The smallest absolute Gasteiger partial charge is 0.183 e. The molecular formula is C18H20N4O2. The number of benzene rings is 1. The third-order valence-corrected chi connectivity index (χ3v) is 3.73. The highest BCUT2D eigenvalue weighted by atomic mass is 16.5. The van der Waals surface area contributed by atoms with Crippen LogP contribution in [0.1, 0.15) is 31.0 Å². The van der Waals surface area contributed by atoms with Crippen LogP contribution in [-0.4, -0.2) is 21.6 Å². The zero-order valence-electron chi connectivity index (χ0n) is 14.0. The topological polar surface area (TPSA) is 71.5 Å². The summed E-state index contributed by atoms with van der Waals surface area (Å²) in [5.74, 6) is 1.65. The van der Waals surface area contributed by atoms with Crippen LogP contribution < -0.4 is 4.74 Å². The molecule has 0 saturated carbocycles. The Kier molecular flexibility index (Phi) is 4.57. The first-order valence-electron chi connectivity index (χ1n) is 7.80. The maximum absolute atomic E-state index is 9.29. The van der Waals surface area contributed by atoms with Crippen LogP contribution in [0.25, 0.3) is 5.65 Å². The standard InChI is InChI=1S/C18H20N4O2/c1-12(2)17-18(21-20-14-5-4-6-15(10-14)24-3)22-8-7-13(11-23)9-16(22)19-17/h4-10,12,23H,11H2,1-3H3. The number of methoxy groups -OCH3 is 1. The van der Waals surface area contributed by atoms with E-state index >= 15 is 0 Å². The second kappa shape index (κ2) is 6.80. The molecule has 2 heterocycles. The molecule has 0 spiro atoms. The molecule has 0 saturated heterocycles. The van der Waals surface area contributed by atoms with Gasteiger partial charge in [-0.05, 0) is 35.7 Å². The third-order valence-electron chi connectivity index (χ3n) is 3.73. The van der Waals surface area contributed by atoms with Gasteiger partial charge in [-0.2, -0.15) is 0 Å². The summed E-state index contributed by atoms with van der Waals surface area (Å²) in [7, 11) is 1.62. The van der Waals surface area contributed by atoms with Crippen molar-refractivity contribution in [3.63, 3.8) is 0 Å². The quantitative estimate of drug-likeness (QED) is 0.708. The van der Waals surface area contributed by atoms with Crippen molar-refractivity contribution in [1.29, 1.82) is 0 Å². The number of aliphatic hydroxyl groups excluding tert-OH is 1. The van der Waals surface area contributed by atoms with Gasteiger partial charge in [-0.3, -0.25) is 4.40 Å². The Morgan fingerprint density at radius 2 is 2.04 bits per heavy atom. The average molecular weight is 324 g/mol. The fourth-order valence-electron chi connectivity index (χ4n) is 2.46. The lowest BCUT2D eigenvalue weighted by molar-refractivity contribution is 0.282. The van der Waals surface area contributed by atoms with Gasteiger partial charge in [0.15, 0.2) is 5.82 Å². The molecule has 1 aromatic carbocycles. The maximum Gasteiger partial charge on any atom is 0.183 e. The first-order valence-corrected chi connectivity index (χ1v) is 7.80. The van der Waals surface area contributed by atoms with Crippen molar-refractivity contribution in [2.45, 2.75) is 26.4 Å². The Balaban J connectivity index is 2.06. The SMILES string of the molecule is COc1cccc(N=Nc2c(C(C)C)nc3cc(CO)ccn23)c1. The number of hydrogen-bond donors (Lipinski definition) is 1. The molecule has 0 amide bonds. The Morgan fingerprint density at radius 1 is 1.21 bits per heavy atom. The van der Waals surface area contributed by atoms with Crippen molar-refractivity contribution in [3.8, 4) is 5.75 Å². The maximum atomic E-state index is 9.29. The van der Waals surface area contributed by atoms with Crippen LogP contribution in [0.4, 0.5) is 11.5 Å². The van der Waals surface area contributed by atoms with Crippen molar-refractivity contribution < 1.29 is 9.84 Å². The molecule has 6 heteroatoms. The molecule has 1 N–H and O–H groups in total. The molecule has 0 fully saturated rings. The van der Waals surface area contributed by atoms with Crippen LogP contribution in [0.3, 0.4) is 0 Å². The summed E-state index contributed by atoms with van der Waals surface area (Å²) in [6.07, 6.45) is 1.86. The number of pyridine rings is 1. The summed E-state index contributed by atoms with van der Waals surface area (Å²) in [5.41, 5.74) is 3.16. The molecule has 24 heavy (non-hydrogen) atoms. The normalized spacial score (nSPS) is 11.7. The lowest BCUT2D eigenvalue weighted by Gasteiger charge is -2.02. The van der Waals surface area contributed by atoms with Crippen molar-refractivity contribution in [1.82, 2.24) is 9.38 Å². The zero-order valence-corrected chi connectivity index (χ0v) is 14.0. The van der Waals surface area contributed by atoms with Crippen molar-refractivity contribution in [2.24, 2.45) is 10.2 Å². The van der Waals surface area contributed by atoms with E-state index in [1.54, 1.807) is 7.11 Å². The van der Waals surface area contributed by atoms with E-state index in [1.165, 1.54) is 0 Å². The zero-order chi connectivity index (χ0) is 17.1. The van der Waals surface area contributed by atoms with E-state index in [4.69, 9.17) is 4.74 Å². The van der Waals surface area contributed by atoms with E-state index in [0.717, 1.165) is 22.7 Å². The molecule has 6 nitrogen and oxygen atoms in total. The number of fused-ring (bicyclic) bond motifs is 1. The molecule has 0 atom stereocenters. The Labute approximate surface area is 140 Å². The minimum atomic E-state index is -0.0129. The van der Waals surface area contributed by atoms with E-state index in [-0.39, 0.29) is 12.5 Å². The van der Waals surface area contributed by atoms with Crippen LogP contribution in [0.5, 0.6) is 5.75 Å². The second-order valence-electron chi connectivity index (χ2n) is 5.80. The average Bonchev–Trinajstić information content (AvgIpc) is 2.98. The van der Waals surface area contributed by atoms with E-state index in [1.807, 2.05) is 47.0 Å². The summed E-state index contributed by atoms with van der Waals surface area (Å²) >= 11 is 0. The van der Waals surface area contributed by atoms with Gasteiger partial charge in [0.2, 0.25) is 0 Å². The summed E-state index contributed by atoms with van der Waals surface area (Å²) in [6, 6.07) is 11.1. The van der Waals surface area contributed by atoms with Crippen LogP contribution in [0.15, 0.2) is 52.8 Å². The molecule has 0 aliphatic carbocycles. The summed E-state index contributed by atoms with van der Waals surface area (Å²) in [4.78, 5) is 4.64. The number of azo groups is 1. The molecule has 0 radical (unpaired) electrons. The number of aromatic nitrogens is 2. The van der Waals surface area contributed by atoms with Gasteiger partial charge in [0.25, 0.3) is 0 Å². The van der Waals surface area contributed by atoms with E-state index < -0.39 is 0 Å². The molecule has 2 aromatic heterocycles. The number of imidazole rings is 1. The lowest BCUT2D eigenvalue weighted by atomic mass is 10.1. The molecule has 0 aliphatic rings. The first-order chi connectivity index (χ1) is 11.6. The van der Waals surface area contributed by atoms with Gasteiger partial charge in [0.05, 0.1) is 25.1 Å². The van der Waals surface area contributed by atoms with Gasteiger partial charge in [-0.1, -0.05) is 19.9 Å². The third kappa shape index (κ3) is 3.14. The molecule has 0 aliphatic heterocycles. The highest BCUT2D eigenvalue weighted by Crippen LogP contribution is 2.30.